The van der Waals surface area contributed by atoms with Crippen LogP contribution in [0.3, 0.4) is 0 Å². The quantitative estimate of drug-likeness (QED) is 0.808. The zero-order valence-electron chi connectivity index (χ0n) is 9.04. The molecule has 0 saturated carbocycles. The minimum atomic E-state index is -0.187. The molecule has 0 aliphatic carbocycles. The first-order chi connectivity index (χ1) is 8.18. The van der Waals surface area contributed by atoms with E-state index in [1.165, 1.54) is 6.33 Å². The van der Waals surface area contributed by atoms with E-state index in [0.29, 0.717) is 0 Å². The molecular weight excluding hydrogens is 263 g/mol. The highest BCUT2D eigenvalue weighted by molar-refractivity contribution is 6.42. The van der Waals surface area contributed by atoms with Crippen molar-refractivity contribution in [2.75, 3.05) is 11.9 Å². The van der Waals surface area contributed by atoms with E-state index in [-0.39, 0.29) is 27.9 Å². The number of nitrogens with zero attached hydrogens (tertiary/aromatic N) is 2. The van der Waals surface area contributed by atoms with Crippen LogP contribution >= 0.6 is 23.2 Å². The fraction of sp³-hybridized carbons (Fsp3) is 0.500. The fourth-order valence-electron chi connectivity index (χ4n) is 1.71. The lowest BCUT2D eigenvalue weighted by Gasteiger charge is -2.22. The number of amides is 1. The van der Waals surface area contributed by atoms with Crippen LogP contribution in [0, 0.1) is 0 Å². The molecule has 1 atom stereocenters. The van der Waals surface area contributed by atoms with Crippen molar-refractivity contribution in [1.82, 2.24) is 15.3 Å². The third kappa shape index (κ3) is 3.06. The molecule has 1 aliphatic heterocycles. The summed E-state index contributed by atoms with van der Waals surface area (Å²) in [4.78, 5) is 19.5. The Hall–Kier alpha value is -0.910. The molecule has 7 heteroatoms. The van der Waals surface area contributed by atoms with Crippen molar-refractivity contribution in [2.45, 2.75) is 25.3 Å². The minimum absolute atomic E-state index is 0.133. The van der Waals surface area contributed by atoms with E-state index in [1.807, 2.05) is 0 Å². The zero-order chi connectivity index (χ0) is 12.3. The lowest BCUT2D eigenvalue weighted by Crippen LogP contribution is -2.43. The number of hydrogen-bond donors (Lipinski definition) is 2. The minimum Gasteiger partial charge on any atom is -0.308 e. The molecule has 0 spiro atoms. The van der Waals surface area contributed by atoms with E-state index >= 15 is 0 Å². The summed E-state index contributed by atoms with van der Waals surface area (Å²) in [5.41, 5.74) is 0. The lowest BCUT2D eigenvalue weighted by atomic mass is 10.0. The fourth-order valence-corrected chi connectivity index (χ4v) is 1.99. The number of piperidine rings is 1. The highest BCUT2D eigenvalue weighted by Crippen LogP contribution is 2.25. The number of aromatic nitrogens is 2. The van der Waals surface area contributed by atoms with Gasteiger partial charge in [0.25, 0.3) is 0 Å². The maximum absolute atomic E-state index is 11.9. The van der Waals surface area contributed by atoms with E-state index in [4.69, 9.17) is 23.2 Å². The van der Waals surface area contributed by atoms with Crippen molar-refractivity contribution in [3.63, 3.8) is 0 Å². The average Bonchev–Trinajstić information content (AvgIpc) is 2.36. The Balaban J connectivity index is 2.04. The number of carbonyl (C=O) groups excluding carboxylic acids is 1. The first-order valence-electron chi connectivity index (χ1n) is 5.38. The Morgan fingerprint density at radius 1 is 1.41 bits per heavy atom. The predicted octanol–water partition coefficient (Wildman–Crippen LogP) is 1.86. The van der Waals surface area contributed by atoms with Crippen LogP contribution in [-0.2, 0) is 4.79 Å². The van der Waals surface area contributed by atoms with Crippen molar-refractivity contribution in [3.05, 3.63) is 16.5 Å². The predicted molar refractivity (Wildman–Crippen MR) is 66.3 cm³/mol. The normalized spacial score (nSPS) is 20.0. The molecule has 0 bridgehead atoms. The molecule has 5 nitrogen and oxygen atoms in total. The molecule has 17 heavy (non-hydrogen) atoms. The van der Waals surface area contributed by atoms with Gasteiger partial charge >= 0.3 is 0 Å². The van der Waals surface area contributed by atoms with Crippen molar-refractivity contribution >= 4 is 34.9 Å². The van der Waals surface area contributed by atoms with Crippen molar-refractivity contribution in [1.29, 1.82) is 0 Å². The average molecular weight is 275 g/mol. The van der Waals surface area contributed by atoms with Gasteiger partial charge in [0.15, 0.2) is 11.0 Å². The second-order valence-corrected chi connectivity index (χ2v) is 4.55. The van der Waals surface area contributed by atoms with Crippen LogP contribution in [0.5, 0.6) is 0 Å². The summed E-state index contributed by atoms with van der Waals surface area (Å²) >= 11 is 11.6. The first-order valence-corrected chi connectivity index (χ1v) is 6.14. The number of carbonyl (C=O) groups is 1. The van der Waals surface area contributed by atoms with Gasteiger partial charge in [0.05, 0.1) is 6.04 Å². The molecule has 0 aromatic carbocycles. The van der Waals surface area contributed by atoms with Gasteiger partial charge in [-0.1, -0.05) is 29.6 Å². The van der Waals surface area contributed by atoms with E-state index in [1.54, 1.807) is 0 Å². The number of anilines is 1. The van der Waals surface area contributed by atoms with Crippen LogP contribution in [-0.4, -0.2) is 28.5 Å². The van der Waals surface area contributed by atoms with Gasteiger partial charge in [-0.3, -0.25) is 4.79 Å². The van der Waals surface area contributed by atoms with Gasteiger partial charge < -0.3 is 10.6 Å². The summed E-state index contributed by atoms with van der Waals surface area (Å²) in [6.07, 6.45) is 4.23. The Bertz CT molecular complexity index is 421. The van der Waals surface area contributed by atoms with Crippen molar-refractivity contribution in [2.24, 2.45) is 0 Å². The highest BCUT2D eigenvalue weighted by atomic mass is 35.5. The van der Waals surface area contributed by atoms with Crippen LogP contribution in [0.4, 0.5) is 5.82 Å². The molecule has 1 saturated heterocycles. The van der Waals surface area contributed by atoms with E-state index in [2.05, 4.69) is 20.6 Å². The van der Waals surface area contributed by atoms with Gasteiger partial charge in [-0.2, -0.15) is 0 Å². The van der Waals surface area contributed by atoms with Crippen molar-refractivity contribution in [3.8, 4) is 0 Å². The topological polar surface area (TPSA) is 66.9 Å². The van der Waals surface area contributed by atoms with Crippen molar-refractivity contribution < 1.29 is 4.79 Å². The summed E-state index contributed by atoms with van der Waals surface area (Å²) in [6, 6.07) is -0.187. The molecule has 1 aliphatic rings. The monoisotopic (exact) mass is 274 g/mol. The number of nitrogens with one attached hydrogen (secondary N) is 2. The van der Waals surface area contributed by atoms with Crippen LogP contribution in [0.25, 0.3) is 0 Å². The smallest absolute Gasteiger partial charge is 0.242 e. The molecule has 2 rings (SSSR count). The Morgan fingerprint density at radius 3 is 2.94 bits per heavy atom. The van der Waals surface area contributed by atoms with Crippen LogP contribution in [0.1, 0.15) is 19.3 Å². The molecule has 2 N–H and O–H groups in total. The zero-order valence-corrected chi connectivity index (χ0v) is 10.6. The Kier molecular flexibility index (Phi) is 4.15. The summed E-state index contributed by atoms with van der Waals surface area (Å²) in [5, 5.41) is 6.09. The van der Waals surface area contributed by atoms with Gasteiger partial charge in [0.2, 0.25) is 5.91 Å². The summed E-state index contributed by atoms with van der Waals surface area (Å²) in [6.45, 7) is 0.857. The lowest BCUT2D eigenvalue weighted by molar-refractivity contribution is -0.118. The van der Waals surface area contributed by atoms with Gasteiger partial charge in [-0.15, -0.1) is 0 Å². The molecule has 1 amide bonds. The third-order valence-electron chi connectivity index (χ3n) is 2.62. The molecular formula is C10H12Cl2N4O. The largest absolute Gasteiger partial charge is 0.308 e. The second-order valence-electron chi connectivity index (χ2n) is 3.82. The molecule has 92 valence electrons. The number of rotatable bonds is 2. The summed E-state index contributed by atoms with van der Waals surface area (Å²) in [5.74, 6) is 0.116. The van der Waals surface area contributed by atoms with Gasteiger partial charge in [0.1, 0.15) is 11.3 Å². The van der Waals surface area contributed by atoms with Crippen LogP contribution in [0.15, 0.2) is 6.33 Å². The molecule has 0 unspecified atom stereocenters. The maximum atomic E-state index is 11.9. The van der Waals surface area contributed by atoms with Gasteiger partial charge in [-0.25, -0.2) is 9.97 Å². The van der Waals surface area contributed by atoms with E-state index in [0.717, 1.165) is 25.8 Å². The van der Waals surface area contributed by atoms with Gasteiger partial charge in [0, 0.05) is 0 Å². The molecule has 2 heterocycles. The van der Waals surface area contributed by atoms with Crippen LogP contribution in [0.2, 0.25) is 10.2 Å². The summed E-state index contributed by atoms with van der Waals surface area (Å²) < 4.78 is 0. The molecule has 1 aromatic rings. The number of hydrogen-bond acceptors (Lipinski definition) is 4. The SMILES string of the molecule is O=C(Nc1ncnc(Cl)c1Cl)[C@H]1CCCCN1. The second kappa shape index (κ2) is 5.62. The summed E-state index contributed by atoms with van der Waals surface area (Å²) in [7, 11) is 0. The first kappa shape index (κ1) is 12.5. The molecule has 1 aromatic heterocycles. The highest BCUT2D eigenvalue weighted by Gasteiger charge is 2.21. The maximum Gasteiger partial charge on any atom is 0.242 e. The number of halogens is 2. The molecule has 0 radical (unpaired) electrons. The molecule has 1 fully saturated rings. The third-order valence-corrected chi connectivity index (χ3v) is 3.36. The Labute approximate surface area is 109 Å². The van der Waals surface area contributed by atoms with Crippen LogP contribution < -0.4 is 10.6 Å². The Morgan fingerprint density at radius 2 is 2.24 bits per heavy atom. The standard InChI is InChI=1S/C10H12Cl2N4O/c11-7-8(12)14-5-15-9(7)16-10(17)6-3-1-2-4-13-6/h5-6,13H,1-4H2,(H,14,15,16,17)/t6-/m1/s1. The van der Waals surface area contributed by atoms with Gasteiger partial charge in [-0.05, 0) is 19.4 Å². The van der Waals surface area contributed by atoms with E-state index in [9.17, 15) is 4.79 Å². The van der Waals surface area contributed by atoms with E-state index < -0.39 is 0 Å².